The Balaban J connectivity index is 2.42. The lowest BCUT2D eigenvalue weighted by molar-refractivity contribution is 0.0699. The Bertz CT molecular complexity index is 610. The summed E-state index contributed by atoms with van der Waals surface area (Å²) in [4.78, 5) is 15.9. The van der Waals surface area contributed by atoms with Crippen molar-refractivity contribution >= 4 is 27.1 Å². The highest BCUT2D eigenvalue weighted by atomic mass is 32.2. The molecule has 1 aliphatic heterocycles. The molecule has 0 amide bonds. The number of aromatic nitrogens is 1. The van der Waals surface area contributed by atoms with E-state index in [1.165, 1.54) is 0 Å². The van der Waals surface area contributed by atoms with Gasteiger partial charge in [0.15, 0.2) is 9.84 Å². The fourth-order valence-corrected chi connectivity index (χ4v) is 5.26. The van der Waals surface area contributed by atoms with Crippen LogP contribution in [0.5, 0.6) is 0 Å². The van der Waals surface area contributed by atoms with Gasteiger partial charge in [-0.3, -0.25) is 0 Å². The van der Waals surface area contributed by atoms with Crippen LogP contribution < -0.4 is 0 Å². The molecule has 0 aromatic carbocycles. The third-order valence-electron chi connectivity index (χ3n) is 3.13. The van der Waals surface area contributed by atoms with E-state index in [-0.39, 0.29) is 27.7 Å². The summed E-state index contributed by atoms with van der Waals surface area (Å²) in [6, 6.07) is 0. The molecule has 1 fully saturated rings. The maximum atomic E-state index is 11.5. The molecule has 0 bridgehead atoms. The Morgan fingerprint density at radius 2 is 2.05 bits per heavy atom. The Kier molecular flexibility index (Phi) is 3.47. The van der Waals surface area contributed by atoms with Crippen LogP contribution in [0, 0.1) is 0 Å². The molecule has 1 aliphatic rings. The Labute approximate surface area is 116 Å². The average Bonchev–Trinajstić information content (AvgIpc) is 2.79. The lowest BCUT2D eigenvalue weighted by Crippen LogP contribution is -2.16. The van der Waals surface area contributed by atoms with Crippen molar-refractivity contribution in [3.05, 3.63) is 15.6 Å². The van der Waals surface area contributed by atoms with Gasteiger partial charge in [0, 0.05) is 11.3 Å². The summed E-state index contributed by atoms with van der Waals surface area (Å²) in [7, 11) is -2.98. The van der Waals surface area contributed by atoms with Crippen molar-refractivity contribution in [1.82, 2.24) is 4.98 Å². The first kappa shape index (κ1) is 14.5. The number of carboxylic acids is 1. The predicted octanol–water partition coefficient (Wildman–Crippen LogP) is 2.04. The number of rotatable bonds is 2. The highest BCUT2D eigenvalue weighted by molar-refractivity contribution is 7.91. The van der Waals surface area contributed by atoms with E-state index in [4.69, 9.17) is 0 Å². The van der Waals surface area contributed by atoms with Gasteiger partial charge < -0.3 is 5.11 Å². The second kappa shape index (κ2) is 4.56. The molecule has 2 rings (SSSR count). The van der Waals surface area contributed by atoms with Gasteiger partial charge in [-0.05, 0) is 6.42 Å². The summed E-state index contributed by atoms with van der Waals surface area (Å²) in [5, 5.41) is 9.88. The number of carboxylic acid groups (broad SMARTS) is 1. The molecule has 2 heterocycles. The fraction of sp³-hybridized carbons (Fsp3) is 0.667. The van der Waals surface area contributed by atoms with Crippen molar-refractivity contribution in [1.29, 1.82) is 0 Å². The Morgan fingerprint density at radius 1 is 1.42 bits per heavy atom. The number of hydrogen-bond donors (Lipinski definition) is 1. The van der Waals surface area contributed by atoms with Crippen LogP contribution in [0.15, 0.2) is 0 Å². The van der Waals surface area contributed by atoms with Gasteiger partial charge in [0.05, 0.1) is 22.2 Å². The highest BCUT2D eigenvalue weighted by Crippen LogP contribution is 2.36. The van der Waals surface area contributed by atoms with Crippen molar-refractivity contribution in [3.63, 3.8) is 0 Å². The zero-order valence-corrected chi connectivity index (χ0v) is 12.8. The van der Waals surface area contributed by atoms with E-state index in [0.29, 0.717) is 17.1 Å². The SMILES string of the molecule is CC(C)(C)c1nc(C2CCS(=O)(=O)C2)sc1C(=O)O. The standard InChI is InChI=1S/C12H17NO4S2/c1-12(2,3)9-8(11(14)15)18-10(13-9)7-4-5-19(16,17)6-7/h7H,4-6H2,1-3H3,(H,14,15). The molecule has 0 saturated carbocycles. The topological polar surface area (TPSA) is 84.3 Å². The monoisotopic (exact) mass is 303 g/mol. The molecule has 1 unspecified atom stereocenters. The summed E-state index contributed by atoms with van der Waals surface area (Å²) in [6.45, 7) is 5.72. The second-order valence-electron chi connectivity index (χ2n) is 5.88. The van der Waals surface area contributed by atoms with Gasteiger partial charge in [-0.2, -0.15) is 0 Å². The van der Waals surface area contributed by atoms with Crippen molar-refractivity contribution < 1.29 is 18.3 Å². The zero-order chi connectivity index (χ0) is 14.4. The van der Waals surface area contributed by atoms with E-state index in [1.807, 2.05) is 20.8 Å². The smallest absolute Gasteiger partial charge is 0.347 e. The van der Waals surface area contributed by atoms with Crippen LogP contribution in [0.25, 0.3) is 0 Å². The second-order valence-corrected chi connectivity index (χ2v) is 9.14. The van der Waals surface area contributed by atoms with Crippen LogP contribution in [0.4, 0.5) is 0 Å². The first-order chi connectivity index (χ1) is 8.60. The number of aromatic carboxylic acids is 1. The van der Waals surface area contributed by atoms with Gasteiger partial charge in [-0.25, -0.2) is 18.2 Å². The summed E-state index contributed by atoms with van der Waals surface area (Å²) < 4.78 is 23.0. The molecule has 1 atom stereocenters. The lowest BCUT2D eigenvalue weighted by Gasteiger charge is -2.16. The van der Waals surface area contributed by atoms with E-state index in [2.05, 4.69) is 4.98 Å². The average molecular weight is 303 g/mol. The van der Waals surface area contributed by atoms with E-state index < -0.39 is 15.8 Å². The Hall–Kier alpha value is -0.950. The summed E-state index contributed by atoms with van der Waals surface area (Å²) in [6.07, 6.45) is 0.540. The molecule has 1 saturated heterocycles. The fourth-order valence-electron chi connectivity index (χ4n) is 2.15. The minimum atomic E-state index is -2.98. The van der Waals surface area contributed by atoms with Gasteiger partial charge >= 0.3 is 5.97 Å². The summed E-state index contributed by atoms with van der Waals surface area (Å²) in [5.41, 5.74) is 0.184. The van der Waals surface area contributed by atoms with Crippen LogP contribution in [-0.4, -0.2) is 36.0 Å². The Morgan fingerprint density at radius 3 is 2.42 bits per heavy atom. The van der Waals surface area contributed by atoms with Crippen LogP contribution in [0.1, 0.15) is 53.5 Å². The predicted molar refractivity (Wildman–Crippen MR) is 73.8 cm³/mol. The number of hydrogen-bond acceptors (Lipinski definition) is 5. The minimum Gasteiger partial charge on any atom is -0.477 e. The molecular weight excluding hydrogens is 286 g/mol. The number of thiazole rings is 1. The van der Waals surface area contributed by atoms with E-state index in [0.717, 1.165) is 11.3 Å². The minimum absolute atomic E-state index is 0.0865. The van der Waals surface area contributed by atoms with E-state index >= 15 is 0 Å². The van der Waals surface area contributed by atoms with Crippen molar-refractivity contribution in [2.75, 3.05) is 11.5 Å². The number of sulfone groups is 1. The molecule has 1 N–H and O–H groups in total. The third kappa shape index (κ3) is 2.97. The largest absolute Gasteiger partial charge is 0.477 e. The molecule has 1 aromatic heterocycles. The van der Waals surface area contributed by atoms with Crippen LogP contribution in [0.2, 0.25) is 0 Å². The molecule has 7 heteroatoms. The van der Waals surface area contributed by atoms with Crippen LogP contribution in [-0.2, 0) is 15.3 Å². The quantitative estimate of drug-likeness (QED) is 0.903. The van der Waals surface area contributed by atoms with Gasteiger partial charge in [-0.15, -0.1) is 11.3 Å². The molecule has 0 radical (unpaired) electrons. The van der Waals surface area contributed by atoms with Gasteiger partial charge in [0.25, 0.3) is 0 Å². The maximum absolute atomic E-state index is 11.5. The van der Waals surface area contributed by atoms with Gasteiger partial charge in [0.2, 0.25) is 0 Å². The van der Waals surface area contributed by atoms with E-state index in [9.17, 15) is 18.3 Å². The summed E-state index contributed by atoms with van der Waals surface area (Å²) in [5.74, 6) is -0.882. The van der Waals surface area contributed by atoms with Crippen LogP contribution in [0.3, 0.4) is 0 Å². The third-order valence-corrected chi connectivity index (χ3v) is 6.10. The molecule has 1 aromatic rings. The molecule has 0 spiro atoms. The van der Waals surface area contributed by atoms with Gasteiger partial charge in [0.1, 0.15) is 4.88 Å². The maximum Gasteiger partial charge on any atom is 0.347 e. The number of nitrogens with zero attached hydrogens (tertiary/aromatic N) is 1. The molecule has 0 aliphatic carbocycles. The zero-order valence-electron chi connectivity index (χ0n) is 11.1. The number of carbonyl (C=O) groups is 1. The molecule has 19 heavy (non-hydrogen) atoms. The molecular formula is C12H17NO4S2. The van der Waals surface area contributed by atoms with Crippen LogP contribution >= 0.6 is 11.3 Å². The first-order valence-electron chi connectivity index (χ1n) is 6.05. The highest BCUT2D eigenvalue weighted by Gasteiger charge is 2.34. The first-order valence-corrected chi connectivity index (χ1v) is 8.69. The lowest BCUT2D eigenvalue weighted by atomic mass is 9.91. The summed E-state index contributed by atoms with van der Waals surface area (Å²) >= 11 is 1.12. The van der Waals surface area contributed by atoms with Crippen molar-refractivity contribution in [2.24, 2.45) is 0 Å². The molecule has 106 valence electrons. The normalized spacial score (nSPS) is 22.6. The van der Waals surface area contributed by atoms with Crippen molar-refractivity contribution in [2.45, 2.75) is 38.5 Å². The van der Waals surface area contributed by atoms with Crippen molar-refractivity contribution in [3.8, 4) is 0 Å². The molecule has 5 nitrogen and oxygen atoms in total. The van der Waals surface area contributed by atoms with Gasteiger partial charge in [-0.1, -0.05) is 20.8 Å². The van der Waals surface area contributed by atoms with E-state index in [1.54, 1.807) is 0 Å².